The molecule has 3 heterocycles. The second kappa shape index (κ2) is 7.21. The van der Waals surface area contributed by atoms with E-state index in [1.807, 2.05) is 34.7 Å². The predicted molar refractivity (Wildman–Crippen MR) is 102 cm³/mol. The van der Waals surface area contributed by atoms with Gasteiger partial charge in [-0.05, 0) is 38.5 Å². The number of nitrogens with zero attached hydrogens (tertiary/aromatic N) is 4. The highest BCUT2D eigenvalue weighted by Gasteiger charge is 2.32. The maximum Gasteiger partial charge on any atom is 0.274 e. The Morgan fingerprint density at radius 2 is 1.85 bits per heavy atom. The summed E-state index contributed by atoms with van der Waals surface area (Å²) < 4.78 is 1.86. The average Bonchev–Trinajstić information content (AvgIpc) is 3.30. The summed E-state index contributed by atoms with van der Waals surface area (Å²) in [6.45, 7) is 9.95. The van der Waals surface area contributed by atoms with Crippen molar-refractivity contribution in [3.8, 4) is 5.69 Å². The highest BCUT2D eigenvalue weighted by atomic mass is 16.2. The second-order valence-corrected chi connectivity index (χ2v) is 7.40. The molecule has 26 heavy (non-hydrogen) atoms. The fraction of sp³-hybridized carbons (Fsp3) is 0.500. The number of hydrogen-bond acceptors (Lipinski definition) is 4. The third-order valence-electron chi connectivity index (χ3n) is 5.50. The van der Waals surface area contributed by atoms with Crippen molar-refractivity contribution in [3.05, 3.63) is 47.3 Å². The molecule has 1 amide bonds. The zero-order valence-corrected chi connectivity index (χ0v) is 15.6. The average molecular weight is 353 g/mol. The van der Waals surface area contributed by atoms with Gasteiger partial charge in [0.2, 0.25) is 0 Å². The molecule has 2 aliphatic rings. The van der Waals surface area contributed by atoms with Crippen LogP contribution in [0.1, 0.15) is 28.2 Å². The fourth-order valence-corrected chi connectivity index (χ4v) is 3.96. The molecule has 1 atom stereocenters. The Kier molecular flexibility index (Phi) is 4.78. The van der Waals surface area contributed by atoms with Gasteiger partial charge < -0.3 is 10.2 Å². The van der Waals surface area contributed by atoms with Gasteiger partial charge in [0.1, 0.15) is 0 Å². The Hall–Kier alpha value is -2.18. The summed E-state index contributed by atoms with van der Waals surface area (Å²) in [5.74, 6) is 0.0524. The standard InChI is InChI=1S/C20H27N5O/c1-15-3-5-17(6-4-15)25-16(2)13-19(22-25)20(26)24-10-7-18(14-24)23-11-8-21-9-12-23/h3-6,13,18,21H,7-12,14H2,1-2H3. The lowest BCUT2D eigenvalue weighted by Crippen LogP contribution is -2.49. The minimum atomic E-state index is 0.0524. The number of likely N-dealkylation sites (tertiary alicyclic amines) is 1. The summed E-state index contributed by atoms with van der Waals surface area (Å²) in [5, 5.41) is 7.98. The largest absolute Gasteiger partial charge is 0.336 e. The van der Waals surface area contributed by atoms with Crippen molar-refractivity contribution in [1.29, 1.82) is 0 Å². The van der Waals surface area contributed by atoms with Crippen LogP contribution in [0.15, 0.2) is 30.3 Å². The molecule has 6 nitrogen and oxygen atoms in total. The number of hydrogen-bond donors (Lipinski definition) is 1. The highest BCUT2D eigenvalue weighted by Crippen LogP contribution is 2.20. The molecular formula is C20H27N5O. The molecule has 2 aliphatic heterocycles. The lowest BCUT2D eigenvalue weighted by atomic mass is 10.2. The van der Waals surface area contributed by atoms with Gasteiger partial charge in [0.05, 0.1) is 5.69 Å². The van der Waals surface area contributed by atoms with E-state index < -0.39 is 0 Å². The lowest BCUT2D eigenvalue weighted by molar-refractivity contribution is 0.0767. The van der Waals surface area contributed by atoms with E-state index in [0.29, 0.717) is 11.7 Å². The van der Waals surface area contributed by atoms with E-state index in [1.165, 1.54) is 5.56 Å². The topological polar surface area (TPSA) is 53.4 Å². The highest BCUT2D eigenvalue weighted by molar-refractivity contribution is 5.92. The SMILES string of the molecule is Cc1ccc(-n2nc(C(=O)N3CCC(N4CCNCC4)C3)cc2C)cc1. The van der Waals surface area contributed by atoms with Crippen molar-refractivity contribution < 1.29 is 4.79 Å². The van der Waals surface area contributed by atoms with Crippen molar-refractivity contribution >= 4 is 5.91 Å². The minimum absolute atomic E-state index is 0.0524. The molecule has 1 unspecified atom stereocenters. The molecule has 1 N–H and O–H groups in total. The van der Waals surface area contributed by atoms with E-state index >= 15 is 0 Å². The van der Waals surface area contributed by atoms with Crippen molar-refractivity contribution in [2.45, 2.75) is 26.3 Å². The first-order valence-electron chi connectivity index (χ1n) is 9.49. The van der Waals surface area contributed by atoms with Gasteiger partial charge in [-0.25, -0.2) is 4.68 Å². The molecule has 2 saturated heterocycles. The van der Waals surface area contributed by atoms with Crippen LogP contribution in [0.4, 0.5) is 0 Å². The first-order valence-corrected chi connectivity index (χ1v) is 9.49. The lowest BCUT2D eigenvalue weighted by Gasteiger charge is -2.32. The monoisotopic (exact) mass is 353 g/mol. The van der Waals surface area contributed by atoms with Crippen LogP contribution >= 0.6 is 0 Å². The number of aryl methyl sites for hydroxylation is 2. The molecule has 4 rings (SSSR count). The van der Waals surface area contributed by atoms with Crippen LogP contribution in [0, 0.1) is 13.8 Å². The number of nitrogens with one attached hydrogen (secondary N) is 1. The zero-order valence-electron chi connectivity index (χ0n) is 15.6. The summed E-state index contributed by atoms with van der Waals surface area (Å²) in [7, 11) is 0. The van der Waals surface area contributed by atoms with Gasteiger partial charge in [0, 0.05) is 51.0 Å². The van der Waals surface area contributed by atoms with Gasteiger partial charge in [-0.2, -0.15) is 5.10 Å². The van der Waals surface area contributed by atoms with E-state index in [2.05, 4.69) is 34.4 Å². The van der Waals surface area contributed by atoms with Crippen molar-refractivity contribution in [3.63, 3.8) is 0 Å². The Balaban J connectivity index is 1.47. The van der Waals surface area contributed by atoms with Crippen LogP contribution in [0.3, 0.4) is 0 Å². The molecule has 138 valence electrons. The van der Waals surface area contributed by atoms with E-state index in [1.54, 1.807) is 0 Å². The summed E-state index contributed by atoms with van der Waals surface area (Å²) >= 11 is 0. The quantitative estimate of drug-likeness (QED) is 0.911. The predicted octanol–water partition coefficient (Wildman–Crippen LogP) is 1.61. The third-order valence-corrected chi connectivity index (χ3v) is 5.50. The van der Waals surface area contributed by atoms with Gasteiger partial charge in [0.15, 0.2) is 5.69 Å². The molecule has 0 aliphatic carbocycles. The molecule has 6 heteroatoms. The van der Waals surface area contributed by atoms with Crippen LogP contribution in [0.5, 0.6) is 0 Å². The number of aromatic nitrogens is 2. The summed E-state index contributed by atoms with van der Waals surface area (Å²) in [6.07, 6.45) is 1.06. The summed E-state index contributed by atoms with van der Waals surface area (Å²) in [6, 6.07) is 10.6. The van der Waals surface area contributed by atoms with Crippen LogP contribution < -0.4 is 5.32 Å². The maximum absolute atomic E-state index is 12.9. The number of benzene rings is 1. The Bertz CT molecular complexity index is 776. The minimum Gasteiger partial charge on any atom is -0.336 e. The molecule has 2 aromatic rings. The fourth-order valence-electron chi connectivity index (χ4n) is 3.96. The first-order chi connectivity index (χ1) is 12.6. The summed E-state index contributed by atoms with van der Waals surface area (Å²) in [4.78, 5) is 17.4. The van der Waals surface area contributed by atoms with E-state index in [4.69, 9.17) is 0 Å². The molecule has 0 spiro atoms. The second-order valence-electron chi connectivity index (χ2n) is 7.40. The van der Waals surface area contributed by atoms with Crippen LogP contribution in [0.25, 0.3) is 5.69 Å². The zero-order chi connectivity index (χ0) is 18.1. The number of carbonyl (C=O) groups excluding carboxylic acids is 1. The smallest absolute Gasteiger partial charge is 0.274 e. The Morgan fingerprint density at radius 1 is 1.12 bits per heavy atom. The van der Waals surface area contributed by atoms with E-state index in [0.717, 1.165) is 57.1 Å². The van der Waals surface area contributed by atoms with Gasteiger partial charge in [0.25, 0.3) is 5.91 Å². The number of amides is 1. The van der Waals surface area contributed by atoms with Gasteiger partial charge in [-0.3, -0.25) is 9.69 Å². The molecule has 0 bridgehead atoms. The van der Waals surface area contributed by atoms with E-state index in [-0.39, 0.29) is 5.91 Å². The normalized spacial score (nSPS) is 21.3. The molecule has 1 aromatic heterocycles. The molecular weight excluding hydrogens is 326 g/mol. The van der Waals surface area contributed by atoms with Gasteiger partial charge in [-0.1, -0.05) is 17.7 Å². The molecule has 0 saturated carbocycles. The van der Waals surface area contributed by atoms with Crippen molar-refractivity contribution in [1.82, 2.24) is 24.9 Å². The third kappa shape index (κ3) is 3.39. The van der Waals surface area contributed by atoms with Crippen LogP contribution in [-0.4, -0.2) is 70.8 Å². The van der Waals surface area contributed by atoms with Crippen LogP contribution in [-0.2, 0) is 0 Å². The van der Waals surface area contributed by atoms with Crippen molar-refractivity contribution in [2.24, 2.45) is 0 Å². The number of piperazine rings is 1. The molecule has 2 fully saturated rings. The number of carbonyl (C=O) groups is 1. The molecule has 0 radical (unpaired) electrons. The summed E-state index contributed by atoms with van der Waals surface area (Å²) in [5.41, 5.74) is 3.73. The molecule has 1 aromatic carbocycles. The maximum atomic E-state index is 12.9. The van der Waals surface area contributed by atoms with E-state index in [9.17, 15) is 4.79 Å². The first kappa shape index (κ1) is 17.2. The van der Waals surface area contributed by atoms with Gasteiger partial charge >= 0.3 is 0 Å². The van der Waals surface area contributed by atoms with Crippen molar-refractivity contribution in [2.75, 3.05) is 39.3 Å². The van der Waals surface area contributed by atoms with Crippen LogP contribution in [0.2, 0.25) is 0 Å². The number of rotatable bonds is 3. The van der Waals surface area contributed by atoms with Gasteiger partial charge in [-0.15, -0.1) is 0 Å². The Labute approximate surface area is 154 Å². The Morgan fingerprint density at radius 3 is 2.58 bits per heavy atom.